The van der Waals surface area contributed by atoms with Gasteiger partial charge in [0, 0.05) is 34.4 Å². The van der Waals surface area contributed by atoms with E-state index in [-0.39, 0.29) is 21.6 Å². The number of aryl methyl sites for hydroxylation is 1. The van der Waals surface area contributed by atoms with E-state index in [1.807, 2.05) is 0 Å². The molecule has 2 N–H and O–H groups in total. The number of hydrogen-bond acceptors (Lipinski definition) is 7. The van der Waals surface area contributed by atoms with Crippen LogP contribution in [-0.2, 0) is 11.3 Å². The summed E-state index contributed by atoms with van der Waals surface area (Å²) >= 11 is 7.18. The van der Waals surface area contributed by atoms with Crippen LogP contribution in [0, 0.1) is 6.92 Å². The van der Waals surface area contributed by atoms with E-state index >= 15 is 0 Å². The minimum absolute atomic E-state index is 0.0435. The van der Waals surface area contributed by atoms with E-state index in [9.17, 15) is 19.5 Å². The second-order valence-corrected chi connectivity index (χ2v) is 8.31. The number of anilines is 1. The number of rotatable bonds is 6. The quantitative estimate of drug-likeness (QED) is 0.426. The van der Waals surface area contributed by atoms with E-state index in [1.54, 1.807) is 31.2 Å². The van der Waals surface area contributed by atoms with Gasteiger partial charge in [-0.05, 0) is 30.7 Å². The highest BCUT2D eigenvalue weighted by Gasteiger charge is 2.22. The van der Waals surface area contributed by atoms with Crippen molar-refractivity contribution in [2.75, 3.05) is 12.4 Å². The van der Waals surface area contributed by atoms with Crippen LogP contribution >= 0.6 is 22.9 Å². The topological polar surface area (TPSA) is 123 Å². The summed E-state index contributed by atoms with van der Waals surface area (Å²) in [6.07, 6.45) is 3.07. The second-order valence-electron chi connectivity index (χ2n) is 7.05. The Labute approximate surface area is 196 Å². The summed E-state index contributed by atoms with van der Waals surface area (Å²) < 4.78 is 6.44. The van der Waals surface area contributed by atoms with Crippen molar-refractivity contribution in [3.8, 4) is 17.1 Å². The number of pyridine rings is 1. The van der Waals surface area contributed by atoms with Crippen molar-refractivity contribution >= 4 is 50.7 Å². The van der Waals surface area contributed by atoms with Gasteiger partial charge >= 0.3 is 5.97 Å². The van der Waals surface area contributed by atoms with Crippen LogP contribution in [-0.4, -0.2) is 38.6 Å². The first-order valence-corrected chi connectivity index (χ1v) is 10.9. The lowest BCUT2D eigenvalue weighted by Crippen LogP contribution is -2.30. The standard InChI is InChI=1S/C22H17ClN4O5S/c1-11-7-15(16(32-2)8-14(11)23)25-17(28)9-27-19(12-3-5-24-6-4-12)26-20-18(21(27)29)13(10-33-20)22(30)31/h3-8,10H,9H2,1-2H3,(H,25,28)(H,30,31). The number of carbonyl (C=O) groups is 2. The van der Waals surface area contributed by atoms with E-state index in [4.69, 9.17) is 16.3 Å². The number of nitrogens with one attached hydrogen (secondary N) is 1. The smallest absolute Gasteiger partial charge is 0.337 e. The third kappa shape index (κ3) is 4.30. The average molecular weight is 485 g/mol. The molecule has 11 heteroatoms. The molecule has 0 aliphatic heterocycles. The van der Waals surface area contributed by atoms with Gasteiger partial charge in [-0.25, -0.2) is 9.78 Å². The predicted molar refractivity (Wildman–Crippen MR) is 125 cm³/mol. The largest absolute Gasteiger partial charge is 0.495 e. The molecule has 0 aliphatic carbocycles. The summed E-state index contributed by atoms with van der Waals surface area (Å²) in [7, 11) is 1.45. The molecule has 0 bridgehead atoms. The molecule has 0 atom stereocenters. The molecular formula is C22H17ClN4O5S. The number of ether oxygens (including phenoxy) is 1. The van der Waals surface area contributed by atoms with E-state index in [0.717, 1.165) is 21.5 Å². The Morgan fingerprint density at radius 2 is 2.00 bits per heavy atom. The molecule has 0 saturated carbocycles. The van der Waals surface area contributed by atoms with E-state index in [2.05, 4.69) is 15.3 Å². The number of carbonyl (C=O) groups excluding carboxylic acids is 1. The molecule has 0 unspecified atom stereocenters. The van der Waals surface area contributed by atoms with Crippen LogP contribution in [0.25, 0.3) is 21.6 Å². The van der Waals surface area contributed by atoms with Gasteiger partial charge in [-0.3, -0.25) is 19.1 Å². The van der Waals surface area contributed by atoms with Gasteiger partial charge in [-0.1, -0.05) is 11.6 Å². The lowest BCUT2D eigenvalue weighted by molar-refractivity contribution is -0.116. The highest BCUT2D eigenvalue weighted by molar-refractivity contribution is 7.17. The van der Waals surface area contributed by atoms with Crippen molar-refractivity contribution < 1.29 is 19.4 Å². The normalized spacial score (nSPS) is 10.9. The first kappa shape index (κ1) is 22.4. The summed E-state index contributed by atoms with van der Waals surface area (Å²) in [4.78, 5) is 46.7. The van der Waals surface area contributed by atoms with Gasteiger partial charge in [-0.2, -0.15) is 0 Å². The maximum Gasteiger partial charge on any atom is 0.337 e. The molecule has 4 rings (SSSR count). The van der Waals surface area contributed by atoms with Crippen molar-refractivity contribution in [3.63, 3.8) is 0 Å². The SMILES string of the molecule is COc1cc(Cl)c(C)cc1NC(=O)Cn1c(-c2ccncc2)nc2scc(C(=O)O)c2c1=O. The van der Waals surface area contributed by atoms with Crippen LogP contribution in [0.3, 0.4) is 0 Å². The summed E-state index contributed by atoms with van der Waals surface area (Å²) in [5.74, 6) is -1.18. The minimum Gasteiger partial charge on any atom is -0.495 e. The number of methoxy groups -OCH3 is 1. The van der Waals surface area contributed by atoms with Gasteiger partial charge in [0.25, 0.3) is 5.56 Å². The molecule has 3 heterocycles. The van der Waals surface area contributed by atoms with Crippen molar-refractivity contribution in [2.45, 2.75) is 13.5 Å². The molecule has 33 heavy (non-hydrogen) atoms. The van der Waals surface area contributed by atoms with E-state index in [0.29, 0.717) is 22.0 Å². The number of carboxylic acids is 1. The lowest BCUT2D eigenvalue weighted by atomic mass is 10.2. The van der Waals surface area contributed by atoms with Crippen molar-refractivity contribution in [1.29, 1.82) is 0 Å². The van der Waals surface area contributed by atoms with Crippen molar-refractivity contribution in [3.05, 3.63) is 68.5 Å². The fraction of sp³-hybridized carbons (Fsp3) is 0.136. The van der Waals surface area contributed by atoms with Gasteiger partial charge in [0.05, 0.1) is 23.7 Å². The molecule has 4 aromatic rings. The Morgan fingerprint density at radius 3 is 2.67 bits per heavy atom. The number of halogens is 1. The number of hydrogen-bond donors (Lipinski definition) is 2. The second kappa shape index (κ2) is 9.00. The van der Waals surface area contributed by atoms with Gasteiger partial charge < -0.3 is 15.2 Å². The lowest BCUT2D eigenvalue weighted by Gasteiger charge is -2.15. The molecular weight excluding hydrogens is 468 g/mol. The number of benzene rings is 1. The van der Waals surface area contributed by atoms with Crippen LogP contribution in [0.15, 0.2) is 46.8 Å². The zero-order valence-corrected chi connectivity index (χ0v) is 19.0. The first-order valence-electron chi connectivity index (χ1n) is 9.60. The molecule has 9 nitrogen and oxygen atoms in total. The number of aromatic nitrogens is 3. The molecule has 0 spiro atoms. The van der Waals surface area contributed by atoms with E-state index < -0.39 is 24.0 Å². The number of aromatic carboxylic acids is 1. The Kier molecular flexibility index (Phi) is 6.12. The van der Waals surface area contributed by atoms with Gasteiger partial charge in [0.1, 0.15) is 22.9 Å². The van der Waals surface area contributed by atoms with Crippen LogP contribution in [0.1, 0.15) is 15.9 Å². The number of nitrogens with zero attached hydrogens (tertiary/aromatic N) is 3. The monoisotopic (exact) mass is 484 g/mol. The van der Waals surface area contributed by atoms with Crippen molar-refractivity contribution in [2.24, 2.45) is 0 Å². The zero-order valence-electron chi connectivity index (χ0n) is 17.5. The Bertz CT molecular complexity index is 1450. The summed E-state index contributed by atoms with van der Waals surface area (Å²) in [5.41, 5.74) is 0.897. The minimum atomic E-state index is -1.24. The molecule has 0 fully saturated rings. The average Bonchev–Trinajstić information content (AvgIpc) is 3.23. The molecule has 0 aliphatic rings. The Balaban J connectivity index is 1.81. The number of amides is 1. The molecule has 0 saturated heterocycles. The maximum absolute atomic E-state index is 13.3. The Hall–Kier alpha value is -3.76. The van der Waals surface area contributed by atoms with Crippen LogP contribution in [0.2, 0.25) is 5.02 Å². The zero-order chi connectivity index (χ0) is 23.7. The molecule has 0 radical (unpaired) electrons. The van der Waals surface area contributed by atoms with Gasteiger partial charge in [-0.15, -0.1) is 11.3 Å². The summed E-state index contributed by atoms with van der Waals surface area (Å²) in [6.45, 7) is 1.38. The van der Waals surface area contributed by atoms with Gasteiger partial charge in [0.2, 0.25) is 5.91 Å². The number of thiophene rings is 1. The fourth-order valence-corrected chi connectivity index (χ4v) is 4.37. The third-order valence-electron chi connectivity index (χ3n) is 4.92. The highest BCUT2D eigenvalue weighted by atomic mass is 35.5. The van der Waals surface area contributed by atoms with Gasteiger partial charge in [0.15, 0.2) is 0 Å². The summed E-state index contributed by atoms with van der Waals surface area (Å²) in [5, 5.41) is 14.0. The molecule has 1 aromatic carbocycles. The Morgan fingerprint density at radius 1 is 1.27 bits per heavy atom. The van der Waals surface area contributed by atoms with Crippen LogP contribution in [0.5, 0.6) is 5.75 Å². The highest BCUT2D eigenvalue weighted by Crippen LogP contribution is 2.31. The predicted octanol–water partition coefficient (Wildman–Crippen LogP) is 3.83. The fourth-order valence-electron chi connectivity index (χ4n) is 3.31. The van der Waals surface area contributed by atoms with E-state index in [1.165, 1.54) is 24.9 Å². The molecule has 1 amide bonds. The molecule has 168 valence electrons. The maximum atomic E-state index is 13.3. The number of carboxylic acid groups (broad SMARTS) is 1. The summed E-state index contributed by atoms with van der Waals surface area (Å²) in [6, 6.07) is 6.55. The molecule has 3 aromatic heterocycles. The third-order valence-corrected chi connectivity index (χ3v) is 6.20. The van der Waals surface area contributed by atoms with Crippen LogP contribution < -0.4 is 15.6 Å². The van der Waals surface area contributed by atoms with Crippen LogP contribution in [0.4, 0.5) is 5.69 Å². The number of fused-ring (bicyclic) bond motifs is 1. The van der Waals surface area contributed by atoms with Crippen molar-refractivity contribution in [1.82, 2.24) is 14.5 Å². The first-order chi connectivity index (χ1) is 15.8.